The number of rotatable bonds is 3. The molecule has 0 spiro atoms. The summed E-state index contributed by atoms with van der Waals surface area (Å²) in [5.74, 6) is 3.76. The quantitative estimate of drug-likeness (QED) is 0.831. The molecule has 1 aromatic rings. The Balaban J connectivity index is 1.68. The van der Waals surface area contributed by atoms with E-state index in [1.165, 1.54) is 38.5 Å². The van der Waals surface area contributed by atoms with Gasteiger partial charge in [0.2, 0.25) is 0 Å². The topological polar surface area (TPSA) is 67.4 Å². The molecule has 100 valence electrons. The van der Waals surface area contributed by atoms with E-state index in [1.807, 2.05) is 4.68 Å². The summed E-state index contributed by atoms with van der Waals surface area (Å²) in [6.07, 6.45) is 8.59. The van der Waals surface area contributed by atoms with E-state index in [0.29, 0.717) is 13.0 Å². The SMILES string of the molecule is N#CCCn1nnnc1C12CC3CC(CC(C3)C1)C2. The molecule has 1 aromatic heterocycles. The van der Waals surface area contributed by atoms with Crippen LogP contribution in [0.2, 0.25) is 0 Å². The third kappa shape index (κ3) is 1.69. The van der Waals surface area contributed by atoms with Crippen molar-refractivity contribution in [2.45, 2.75) is 56.9 Å². The average molecular weight is 257 g/mol. The standard InChI is InChI=1S/C14H19N5/c15-2-1-3-19-13(16-17-18-19)14-7-10-4-11(8-14)6-12(5-10)9-14/h10-12H,1,3-9H2. The van der Waals surface area contributed by atoms with Gasteiger partial charge in [0, 0.05) is 5.41 Å². The van der Waals surface area contributed by atoms with Gasteiger partial charge in [0.1, 0.15) is 0 Å². The van der Waals surface area contributed by atoms with Gasteiger partial charge >= 0.3 is 0 Å². The molecule has 0 atom stereocenters. The molecule has 0 aliphatic heterocycles. The summed E-state index contributed by atoms with van der Waals surface area (Å²) in [5.41, 5.74) is 0.230. The normalized spacial score (nSPS) is 39.4. The molecule has 0 aromatic carbocycles. The van der Waals surface area contributed by atoms with Crippen molar-refractivity contribution in [3.63, 3.8) is 0 Å². The predicted octanol–water partition coefficient (Wildman–Crippen LogP) is 2.05. The van der Waals surface area contributed by atoms with Gasteiger partial charge in [0.25, 0.3) is 0 Å². The molecule has 0 saturated heterocycles. The first kappa shape index (κ1) is 11.4. The van der Waals surface area contributed by atoms with Crippen LogP contribution in [0.25, 0.3) is 0 Å². The molecule has 5 rings (SSSR count). The molecule has 4 aliphatic carbocycles. The van der Waals surface area contributed by atoms with Gasteiger partial charge in [-0.25, -0.2) is 4.68 Å². The van der Waals surface area contributed by atoms with E-state index in [0.717, 1.165) is 23.6 Å². The highest BCUT2D eigenvalue weighted by Crippen LogP contribution is 2.60. The highest BCUT2D eigenvalue weighted by Gasteiger charge is 2.53. The summed E-state index contributed by atoms with van der Waals surface area (Å²) in [4.78, 5) is 0. The summed E-state index contributed by atoms with van der Waals surface area (Å²) in [7, 11) is 0. The van der Waals surface area contributed by atoms with Crippen LogP contribution in [0.1, 0.15) is 50.8 Å². The minimum atomic E-state index is 0.230. The minimum Gasteiger partial charge on any atom is -0.228 e. The third-order valence-corrected chi connectivity index (χ3v) is 5.48. The monoisotopic (exact) mass is 257 g/mol. The fraction of sp³-hybridized carbons (Fsp3) is 0.857. The molecular formula is C14H19N5. The summed E-state index contributed by atoms with van der Waals surface area (Å²) >= 11 is 0. The first-order chi connectivity index (χ1) is 9.29. The molecule has 0 N–H and O–H groups in total. The van der Waals surface area contributed by atoms with Crippen molar-refractivity contribution in [2.24, 2.45) is 17.8 Å². The number of nitriles is 1. The molecule has 0 amide bonds. The highest BCUT2D eigenvalue weighted by atomic mass is 15.5. The number of aryl methyl sites for hydroxylation is 1. The lowest BCUT2D eigenvalue weighted by atomic mass is 9.49. The van der Waals surface area contributed by atoms with Crippen LogP contribution in [0.4, 0.5) is 0 Å². The Bertz CT molecular complexity index is 491. The lowest BCUT2D eigenvalue weighted by Crippen LogP contribution is -2.49. The van der Waals surface area contributed by atoms with E-state index in [9.17, 15) is 0 Å². The molecule has 19 heavy (non-hydrogen) atoms. The second-order valence-corrected chi connectivity index (χ2v) is 6.83. The van der Waals surface area contributed by atoms with Gasteiger partial charge in [-0.05, 0) is 66.7 Å². The zero-order valence-electron chi connectivity index (χ0n) is 11.1. The van der Waals surface area contributed by atoms with Crippen LogP contribution in [-0.4, -0.2) is 20.2 Å². The van der Waals surface area contributed by atoms with Gasteiger partial charge in [0.05, 0.1) is 19.0 Å². The smallest absolute Gasteiger partial charge is 0.157 e. The molecule has 4 aliphatic rings. The van der Waals surface area contributed by atoms with Crippen LogP contribution >= 0.6 is 0 Å². The van der Waals surface area contributed by atoms with E-state index in [-0.39, 0.29) is 5.41 Å². The first-order valence-electron chi connectivity index (χ1n) is 7.43. The Morgan fingerprint density at radius 3 is 2.37 bits per heavy atom. The summed E-state index contributed by atoms with van der Waals surface area (Å²) in [6.45, 7) is 0.639. The van der Waals surface area contributed by atoms with Crippen LogP contribution in [0.5, 0.6) is 0 Å². The third-order valence-electron chi connectivity index (χ3n) is 5.48. The van der Waals surface area contributed by atoms with Crippen LogP contribution in [0.15, 0.2) is 0 Å². The van der Waals surface area contributed by atoms with Gasteiger partial charge in [-0.15, -0.1) is 5.10 Å². The Kier molecular flexibility index (Phi) is 2.41. The van der Waals surface area contributed by atoms with Crippen LogP contribution < -0.4 is 0 Å². The van der Waals surface area contributed by atoms with Gasteiger partial charge in [-0.1, -0.05) is 0 Å². The Morgan fingerprint density at radius 1 is 1.16 bits per heavy atom. The zero-order chi connectivity index (χ0) is 12.9. The molecule has 0 unspecified atom stereocenters. The van der Waals surface area contributed by atoms with Crippen molar-refractivity contribution in [3.8, 4) is 6.07 Å². The summed E-state index contributed by atoms with van der Waals surface area (Å²) in [5, 5.41) is 21.1. The van der Waals surface area contributed by atoms with E-state index in [2.05, 4.69) is 21.6 Å². The number of nitrogens with zero attached hydrogens (tertiary/aromatic N) is 5. The van der Waals surface area contributed by atoms with Crippen molar-refractivity contribution < 1.29 is 0 Å². The van der Waals surface area contributed by atoms with E-state index in [1.54, 1.807) is 0 Å². The molecule has 5 nitrogen and oxygen atoms in total. The highest BCUT2D eigenvalue weighted by molar-refractivity contribution is 5.16. The number of hydrogen-bond donors (Lipinski definition) is 0. The summed E-state index contributed by atoms with van der Waals surface area (Å²) in [6, 6.07) is 2.19. The van der Waals surface area contributed by atoms with Gasteiger partial charge in [-0.3, -0.25) is 0 Å². The first-order valence-corrected chi connectivity index (χ1v) is 7.43. The molecule has 4 saturated carbocycles. The average Bonchev–Trinajstić information content (AvgIpc) is 2.83. The van der Waals surface area contributed by atoms with Crippen LogP contribution in [0, 0.1) is 29.1 Å². The Hall–Kier alpha value is -1.44. The van der Waals surface area contributed by atoms with Crippen molar-refractivity contribution in [3.05, 3.63) is 5.82 Å². The van der Waals surface area contributed by atoms with Crippen molar-refractivity contribution in [2.75, 3.05) is 0 Å². The summed E-state index contributed by atoms with van der Waals surface area (Å²) < 4.78 is 1.90. The van der Waals surface area contributed by atoms with E-state index < -0.39 is 0 Å². The Labute approximate surface area is 113 Å². The number of aromatic nitrogens is 4. The Morgan fingerprint density at radius 2 is 1.79 bits per heavy atom. The molecule has 5 heteroatoms. The maximum Gasteiger partial charge on any atom is 0.157 e. The predicted molar refractivity (Wildman–Crippen MR) is 67.9 cm³/mol. The largest absolute Gasteiger partial charge is 0.228 e. The minimum absolute atomic E-state index is 0.230. The maximum absolute atomic E-state index is 8.76. The molecule has 4 bridgehead atoms. The fourth-order valence-electron chi connectivity index (χ4n) is 5.28. The van der Waals surface area contributed by atoms with Gasteiger partial charge < -0.3 is 0 Å². The van der Waals surface area contributed by atoms with Crippen LogP contribution in [0.3, 0.4) is 0 Å². The second kappa shape index (κ2) is 4.03. The fourth-order valence-corrected chi connectivity index (χ4v) is 5.28. The molecule has 4 fully saturated rings. The lowest BCUT2D eigenvalue weighted by molar-refractivity contribution is -0.0115. The van der Waals surface area contributed by atoms with Crippen molar-refractivity contribution in [1.29, 1.82) is 5.26 Å². The van der Waals surface area contributed by atoms with E-state index in [4.69, 9.17) is 5.26 Å². The molecule has 0 radical (unpaired) electrons. The number of tetrazole rings is 1. The molecular weight excluding hydrogens is 238 g/mol. The van der Waals surface area contributed by atoms with Crippen LogP contribution in [-0.2, 0) is 12.0 Å². The van der Waals surface area contributed by atoms with Crippen molar-refractivity contribution in [1.82, 2.24) is 20.2 Å². The number of hydrogen-bond acceptors (Lipinski definition) is 4. The van der Waals surface area contributed by atoms with Gasteiger partial charge in [-0.2, -0.15) is 5.26 Å². The lowest BCUT2D eigenvalue weighted by Gasteiger charge is -2.55. The zero-order valence-corrected chi connectivity index (χ0v) is 11.1. The second-order valence-electron chi connectivity index (χ2n) is 6.83. The van der Waals surface area contributed by atoms with Gasteiger partial charge in [0.15, 0.2) is 5.82 Å². The molecule has 1 heterocycles. The maximum atomic E-state index is 8.76. The van der Waals surface area contributed by atoms with Crippen molar-refractivity contribution >= 4 is 0 Å². The van der Waals surface area contributed by atoms with E-state index >= 15 is 0 Å².